The minimum Gasteiger partial charge on any atom is -0.271 e. The van der Waals surface area contributed by atoms with E-state index in [-0.39, 0.29) is 6.04 Å². The van der Waals surface area contributed by atoms with Crippen LogP contribution >= 0.6 is 11.6 Å². The van der Waals surface area contributed by atoms with Crippen molar-refractivity contribution in [1.82, 2.24) is 15.2 Å². The molecule has 0 aromatic carbocycles. The van der Waals surface area contributed by atoms with Crippen LogP contribution in [-0.4, -0.2) is 15.8 Å². The molecule has 0 aliphatic heterocycles. The summed E-state index contributed by atoms with van der Waals surface area (Å²) in [4.78, 5) is 0. The number of aryl methyl sites for hydroxylation is 2. The van der Waals surface area contributed by atoms with E-state index in [1.807, 2.05) is 14.0 Å². The molecule has 2 rings (SSSR count). The zero-order valence-corrected chi connectivity index (χ0v) is 12.5. The fourth-order valence-corrected chi connectivity index (χ4v) is 3.00. The van der Waals surface area contributed by atoms with Crippen molar-refractivity contribution in [3.63, 3.8) is 0 Å². The van der Waals surface area contributed by atoms with Gasteiger partial charge in [-0.1, -0.05) is 23.3 Å². The highest BCUT2D eigenvalue weighted by Gasteiger charge is 2.18. The molecule has 1 heterocycles. The monoisotopic (exact) mass is 282 g/mol. The summed E-state index contributed by atoms with van der Waals surface area (Å²) in [7, 11) is 1.87. The number of nitrogens with one attached hydrogen (secondary N) is 1. The van der Waals surface area contributed by atoms with E-state index in [0.29, 0.717) is 0 Å². The fourth-order valence-electron chi connectivity index (χ4n) is 2.75. The van der Waals surface area contributed by atoms with Crippen LogP contribution in [0.1, 0.15) is 43.4 Å². The quantitative estimate of drug-likeness (QED) is 0.496. The Morgan fingerprint density at radius 1 is 1.47 bits per heavy atom. The van der Waals surface area contributed by atoms with Gasteiger partial charge in [-0.05, 0) is 45.4 Å². The van der Waals surface area contributed by atoms with Gasteiger partial charge in [0.2, 0.25) is 0 Å². The number of aromatic nitrogens is 2. The Morgan fingerprint density at radius 2 is 2.26 bits per heavy atom. The summed E-state index contributed by atoms with van der Waals surface area (Å²) in [6.07, 6.45) is 9.23. The summed E-state index contributed by atoms with van der Waals surface area (Å²) in [5, 5.41) is 5.06. The summed E-state index contributed by atoms with van der Waals surface area (Å²) in [5.41, 5.74) is 6.54. The summed E-state index contributed by atoms with van der Waals surface area (Å²) in [5.74, 6) is 5.70. The lowest BCUT2D eigenvalue weighted by molar-refractivity contribution is 0.504. The molecule has 0 saturated heterocycles. The second-order valence-electron chi connectivity index (χ2n) is 5.36. The predicted octanol–water partition coefficient (Wildman–Crippen LogP) is 2.65. The van der Waals surface area contributed by atoms with Crippen molar-refractivity contribution in [2.45, 2.75) is 51.5 Å². The molecule has 19 heavy (non-hydrogen) atoms. The summed E-state index contributed by atoms with van der Waals surface area (Å²) in [6, 6.07) is 0.227. The number of hydrogen-bond acceptors (Lipinski definition) is 3. The molecule has 5 heteroatoms. The van der Waals surface area contributed by atoms with Crippen molar-refractivity contribution in [2.75, 3.05) is 0 Å². The zero-order valence-electron chi connectivity index (χ0n) is 11.7. The number of hydrogen-bond donors (Lipinski definition) is 2. The Kier molecular flexibility index (Phi) is 5.02. The third kappa shape index (κ3) is 3.59. The van der Waals surface area contributed by atoms with Crippen molar-refractivity contribution in [1.29, 1.82) is 0 Å². The van der Waals surface area contributed by atoms with Crippen molar-refractivity contribution in [3.05, 3.63) is 28.1 Å². The maximum Gasteiger partial charge on any atom is 0.130 e. The standard InChI is InChI=1S/C14H23ClN4/c1-10-13(14(15)19(2)18-10)9-12(17-16)8-11-6-4-3-5-7-11/h6,12,17H,3-5,7-9,16H2,1-2H3. The Labute approximate surface area is 120 Å². The van der Waals surface area contributed by atoms with E-state index in [4.69, 9.17) is 17.4 Å². The van der Waals surface area contributed by atoms with Gasteiger partial charge in [0, 0.05) is 18.7 Å². The van der Waals surface area contributed by atoms with Crippen molar-refractivity contribution in [3.8, 4) is 0 Å². The van der Waals surface area contributed by atoms with Gasteiger partial charge in [0.05, 0.1) is 5.69 Å². The van der Waals surface area contributed by atoms with Crippen LogP contribution in [-0.2, 0) is 13.5 Å². The Bertz CT molecular complexity index is 464. The van der Waals surface area contributed by atoms with Crippen LogP contribution in [0, 0.1) is 6.92 Å². The van der Waals surface area contributed by atoms with Gasteiger partial charge >= 0.3 is 0 Å². The molecule has 1 aliphatic carbocycles. The van der Waals surface area contributed by atoms with Gasteiger partial charge < -0.3 is 0 Å². The second kappa shape index (κ2) is 6.55. The Hall–Kier alpha value is -0.840. The number of nitrogens with zero attached hydrogens (tertiary/aromatic N) is 2. The number of nitrogens with two attached hydrogens (primary N) is 1. The van der Waals surface area contributed by atoms with E-state index in [0.717, 1.165) is 29.3 Å². The first-order valence-corrected chi connectivity index (χ1v) is 7.31. The first-order chi connectivity index (χ1) is 9.11. The third-order valence-electron chi connectivity index (χ3n) is 3.85. The predicted molar refractivity (Wildman–Crippen MR) is 78.9 cm³/mol. The van der Waals surface area contributed by atoms with E-state index >= 15 is 0 Å². The number of allylic oxidation sites excluding steroid dienone is 1. The van der Waals surface area contributed by atoms with Gasteiger partial charge in [0.15, 0.2) is 0 Å². The van der Waals surface area contributed by atoms with E-state index in [1.54, 1.807) is 4.68 Å². The van der Waals surface area contributed by atoms with Crippen LogP contribution in [0.4, 0.5) is 0 Å². The average molecular weight is 283 g/mol. The summed E-state index contributed by atoms with van der Waals surface area (Å²) >= 11 is 6.28. The fraction of sp³-hybridized carbons (Fsp3) is 0.643. The molecular weight excluding hydrogens is 260 g/mol. The van der Waals surface area contributed by atoms with Crippen molar-refractivity contribution >= 4 is 11.6 Å². The molecule has 0 bridgehead atoms. The minimum absolute atomic E-state index is 0.227. The van der Waals surface area contributed by atoms with Gasteiger partial charge in [-0.25, -0.2) is 0 Å². The van der Waals surface area contributed by atoms with Crippen molar-refractivity contribution < 1.29 is 0 Å². The maximum atomic E-state index is 6.28. The molecule has 0 spiro atoms. The molecule has 1 atom stereocenters. The van der Waals surface area contributed by atoms with Crippen LogP contribution in [0.2, 0.25) is 5.15 Å². The zero-order chi connectivity index (χ0) is 13.8. The molecule has 1 aromatic rings. The molecule has 0 amide bonds. The topological polar surface area (TPSA) is 55.9 Å². The van der Waals surface area contributed by atoms with Crippen LogP contribution in [0.25, 0.3) is 0 Å². The van der Waals surface area contributed by atoms with Crippen LogP contribution in [0.5, 0.6) is 0 Å². The average Bonchev–Trinajstić information content (AvgIpc) is 2.65. The van der Waals surface area contributed by atoms with E-state index < -0.39 is 0 Å². The largest absolute Gasteiger partial charge is 0.271 e. The highest BCUT2D eigenvalue weighted by molar-refractivity contribution is 6.30. The van der Waals surface area contributed by atoms with Gasteiger partial charge in [0.1, 0.15) is 5.15 Å². The molecule has 0 radical (unpaired) electrons. The van der Waals surface area contributed by atoms with E-state index in [2.05, 4.69) is 16.6 Å². The summed E-state index contributed by atoms with van der Waals surface area (Å²) < 4.78 is 1.72. The molecule has 0 fully saturated rings. The first kappa shape index (κ1) is 14.6. The van der Waals surface area contributed by atoms with Gasteiger partial charge in [-0.2, -0.15) is 5.10 Å². The highest BCUT2D eigenvalue weighted by Crippen LogP contribution is 2.25. The Balaban J connectivity index is 2.04. The maximum absolute atomic E-state index is 6.28. The third-order valence-corrected chi connectivity index (χ3v) is 4.32. The van der Waals surface area contributed by atoms with Crippen molar-refractivity contribution in [2.24, 2.45) is 12.9 Å². The van der Waals surface area contributed by atoms with E-state index in [1.165, 1.54) is 31.3 Å². The van der Waals surface area contributed by atoms with Crippen LogP contribution < -0.4 is 11.3 Å². The molecule has 0 saturated carbocycles. The highest BCUT2D eigenvalue weighted by atomic mass is 35.5. The second-order valence-corrected chi connectivity index (χ2v) is 5.72. The normalized spacial score (nSPS) is 17.4. The lowest BCUT2D eigenvalue weighted by atomic mass is 9.92. The first-order valence-electron chi connectivity index (χ1n) is 6.93. The number of rotatable bonds is 5. The van der Waals surface area contributed by atoms with Crippen LogP contribution in [0.15, 0.2) is 11.6 Å². The van der Waals surface area contributed by atoms with Gasteiger partial charge in [-0.15, -0.1) is 0 Å². The van der Waals surface area contributed by atoms with Crippen LogP contribution in [0.3, 0.4) is 0 Å². The molecule has 1 aliphatic rings. The Morgan fingerprint density at radius 3 is 2.79 bits per heavy atom. The molecular formula is C14H23ClN4. The molecule has 4 nitrogen and oxygen atoms in total. The van der Waals surface area contributed by atoms with Gasteiger partial charge in [0.25, 0.3) is 0 Å². The number of halogens is 1. The molecule has 1 aromatic heterocycles. The molecule has 106 valence electrons. The lowest BCUT2D eigenvalue weighted by Gasteiger charge is -2.20. The SMILES string of the molecule is Cc1nn(C)c(Cl)c1CC(CC1=CCCCC1)NN. The van der Waals surface area contributed by atoms with Gasteiger partial charge in [-0.3, -0.25) is 16.0 Å². The number of hydrazine groups is 1. The lowest BCUT2D eigenvalue weighted by Crippen LogP contribution is -2.37. The smallest absolute Gasteiger partial charge is 0.130 e. The van der Waals surface area contributed by atoms with E-state index in [9.17, 15) is 0 Å². The molecule has 3 N–H and O–H groups in total. The summed E-state index contributed by atoms with van der Waals surface area (Å²) in [6.45, 7) is 1.99. The minimum atomic E-state index is 0.227. The molecule has 1 unspecified atom stereocenters.